The average molecular weight is 220 g/mol. The van der Waals surface area contributed by atoms with Crippen LogP contribution in [0.2, 0.25) is 0 Å². The Hall–Kier alpha value is -0.260. The summed E-state index contributed by atoms with van der Waals surface area (Å²) in [5, 5.41) is 0. The summed E-state index contributed by atoms with van der Waals surface area (Å²) in [6.07, 6.45) is 14.6. The van der Waals surface area contributed by atoms with E-state index in [9.17, 15) is 0 Å². The van der Waals surface area contributed by atoms with Crippen molar-refractivity contribution in [2.24, 2.45) is 10.8 Å². The molecule has 0 spiro atoms. The maximum Gasteiger partial charge on any atom is -0.00929 e. The standard InChI is InChI=1S/C16H28/c1-4-5-6-7-15-8-11-16(12-9-15,13-10-15)14(2)3/h2,4-13H2,1,3H3. The minimum Gasteiger partial charge on any atom is -0.0996 e. The molecular formula is C16H28. The summed E-state index contributed by atoms with van der Waals surface area (Å²) in [5.41, 5.74) is 2.79. The Morgan fingerprint density at radius 3 is 2.00 bits per heavy atom. The molecular weight excluding hydrogens is 192 g/mol. The molecule has 0 N–H and O–H groups in total. The maximum absolute atomic E-state index is 4.24. The quantitative estimate of drug-likeness (QED) is 0.425. The van der Waals surface area contributed by atoms with Gasteiger partial charge in [-0.05, 0) is 62.7 Å². The zero-order valence-corrected chi connectivity index (χ0v) is 11.3. The van der Waals surface area contributed by atoms with Gasteiger partial charge in [0.05, 0.1) is 0 Å². The molecule has 0 aromatic carbocycles. The van der Waals surface area contributed by atoms with E-state index in [-0.39, 0.29) is 0 Å². The fraction of sp³-hybridized carbons (Fsp3) is 0.875. The van der Waals surface area contributed by atoms with E-state index in [1.54, 1.807) is 0 Å². The maximum atomic E-state index is 4.24. The summed E-state index contributed by atoms with van der Waals surface area (Å²) >= 11 is 0. The van der Waals surface area contributed by atoms with Crippen LogP contribution in [-0.4, -0.2) is 0 Å². The van der Waals surface area contributed by atoms with Gasteiger partial charge in [0.1, 0.15) is 0 Å². The van der Waals surface area contributed by atoms with Crippen LogP contribution in [0.3, 0.4) is 0 Å². The Kier molecular flexibility index (Phi) is 3.47. The molecule has 0 heterocycles. The van der Waals surface area contributed by atoms with E-state index in [2.05, 4.69) is 20.4 Å². The first-order chi connectivity index (χ1) is 7.63. The largest absolute Gasteiger partial charge is 0.0996 e. The first-order valence-corrected chi connectivity index (χ1v) is 7.29. The molecule has 0 aromatic heterocycles. The van der Waals surface area contributed by atoms with Crippen molar-refractivity contribution in [1.29, 1.82) is 0 Å². The van der Waals surface area contributed by atoms with Gasteiger partial charge < -0.3 is 0 Å². The van der Waals surface area contributed by atoms with E-state index >= 15 is 0 Å². The summed E-state index contributed by atoms with van der Waals surface area (Å²) in [5.74, 6) is 0. The van der Waals surface area contributed by atoms with Crippen LogP contribution >= 0.6 is 0 Å². The molecule has 0 heteroatoms. The minimum absolute atomic E-state index is 0.562. The number of hydrogen-bond acceptors (Lipinski definition) is 0. The van der Waals surface area contributed by atoms with Gasteiger partial charge in [0.15, 0.2) is 0 Å². The van der Waals surface area contributed by atoms with Gasteiger partial charge in [-0.15, -0.1) is 0 Å². The Morgan fingerprint density at radius 2 is 1.56 bits per heavy atom. The molecule has 0 amide bonds. The van der Waals surface area contributed by atoms with Gasteiger partial charge in [0, 0.05) is 0 Å². The molecule has 0 radical (unpaired) electrons. The summed E-state index contributed by atoms with van der Waals surface area (Å²) in [4.78, 5) is 0. The molecule has 0 saturated heterocycles. The molecule has 0 aliphatic heterocycles. The molecule has 3 saturated carbocycles. The van der Waals surface area contributed by atoms with Crippen LogP contribution in [-0.2, 0) is 0 Å². The number of allylic oxidation sites excluding steroid dienone is 1. The van der Waals surface area contributed by atoms with E-state index in [0.717, 1.165) is 5.41 Å². The van der Waals surface area contributed by atoms with Gasteiger partial charge in [0.25, 0.3) is 0 Å². The zero-order chi connectivity index (χ0) is 11.6. The van der Waals surface area contributed by atoms with Crippen molar-refractivity contribution in [2.75, 3.05) is 0 Å². The number of rotatable bonds is 5. The van der Waals surface area contributed by atoms with E-state index in [4.69, 9.17) is 0 Å². The molecule has 0 atom stereocenters. The topological polar surface area (TPSA) is 0 Å². The lowest BCUT2D eigenvalue weighted by atomic mass is 9.51. The lowest BCUT2D eigenvalue weighted by Crippen LogP contribution is -2.41. The molecule has 3 aliphatic carbocycles. The predicted octanol–water partition coefficient (Wildman–Crippen LogP) is 5.48. The second-order valence-corrected chi connectivity index (χ2v) is 6.52. The van der Waals surface area contributed by atoms with Crippen molar-refractivity contribution in [3.63, 3.8) is 0 Å². The third-order valence-corrected chi connectivity index (χ3v) is 5.62. The van der Waals surface area contributed by atoms with Gasteiger partial charge in [0.2, 0.25) is 0 Å². The van der Waals surface area contributed by atoms with Gasteiger partial charge >= 0.3 is 0 Å². The average Bonchev–Trinajstić information content (AvgIpc) is 2.31. The van der Waals surface area contributed by atoms with Crippen LogP contribution in [0, 0.1) is 10.8 Å². The molecule has 16 heavy (non-hydrogen) atoms. The van der Waals surface area contributed by atoms with E-state index in [1.165, 1.54) is 69.8 Å². The highest BCUT2D eigenvalue weighted by Crippen LogP contribution is 2.60. The number of hydrogen-bond donors (Lipinski definition) is 0. The van der Waals surface area contributed by atoms with Crippen molar-refractivity contribution < 1.29 is 0 Å². The summed E-state index contributed by atoms with van der Waals surface area (Å²) in [6.45, 7) is 8.81. The van der Waals surface area contributed by atoms with Gasteiger partial charge in [-0.2, -0.15) is 0 Å². The van der Waals surface area contributed by atoms with Crippen molar-refractivity contribution in [1.82, 2.24) is 0 Å². The molecule has 2 bridgehead atoms. The van der Waals surface area contributed by atoms with Gasteiger partial charge in [-0.1, -0.05) is 38.3 Å². The van der Waals surface area contributed by atoms with Gasteiger partial charge in [-0.25, -0.2) is 0 Å². The van der Waals surface area contributed by atoms with Crippen molar-refractivity contribution in [3.8, 4) is 0 Å². The Balaban J connectivity index is 1.92. The van der Waals surface area contributed by atoms with Crippen molar-refractivity contribution in [2.45, 2.75) is 78.1 Å². The highest BCUT2D eigenvalue weighted by Gasteiger charge is 2.48. The van der Waals surface area contributed by atoms with E-state index < -0.39 is 0 Å². The molecule has 3 fully saturated rings. The van der Waals surface area contributed by atoms with Crippen LogP contribution in [0.5, 0.6) is 0 Å². The van der Waals surface area contributed by atoms with E-state index in [1.807, 2.05) is 0 Å². The fourth-order valence-corrected chi connectivity index (χ4v) is 4.03. The zero-order valence-electron chi connectivity index (χ0n) is 11.3. The molecule has 3 aliphatic rings. The third kappa shape index (κ3) is 2.08. The monoisotopic (exact) mass is 220 g/mol. The van der Waals surface area contributed by atoms with Crippen LogP contribution < -0.4 is 0 Å². The first kappa shape index (κ1) is 12.2. The first-order valence-electron chi connectivity index (χ1n) is 7.29. The fourth-order valence-electron chi connectivity index (χ4n) is 4.03. The van der Waals surface area contributed by atoms with Crippen LogP contribution in [0.1, 0.15) is 78.1 Å². The Labute approximate surface area is 102 Å². The highest BCUT2D eigenvalue weighted by atomic mass is 14.5. The minimum atomic E-state index is 0.562. The van der Waals surface area contributed by atoms with Gasteiger partial charge in [-0.3, -0.25) is 0 Å². The molecule has 92 valence electrons. The van der Waals surface area contributed by atoms with E-state index in [0.29, 0.717) is 5.41 Å². The summed E-state index contributed by atoms with van der Waals surface area (Å²) in [6, 6.07) is 0. The predicted molar refractivity (Wildman–Crippen MR) is 71.5 cm³/mol. The lowest BCUT2D eigenvalue weighted by molar-refractivity contribution is 0.00680. The third-order valence-electron chi connectivity index (χ3n) is 5.62. The Bertz CT molecular complexity index is 237. The molecule has 0 aromatic rings. The molecule has 3 rings (SSSR count). The second-order valence-electron chi connectivity index (χ2n) is 6.52. The Morgan fingerprint density at radius 1 is 1.00 bits per heavy atom. The lowest BCUT2D eigenvalue weighted by Gasteiger charge is -2.54. The van der Waals surface area contributed by atoms with Crippen molar-refractivity contribution in [3.05, 3.63) is 12.2 Å². The van der Waals surface area contributed by atoms with Crippen LogP contribution in [0.25, 0.3) is 0 Å². The van der Waals surface area contributed by atoms with Crippen LogP contribution in [0.15, 0.2) is 12.2 Å². The molecule has 0 unspecified atom stereocenters. The summed E-state index contributed by atoms with van der Waals surface area (Å²) in [7, 11) is 0. The second kappa shape index (κ2) is 4.55. The molecule has 0 nitrogen and oxygen atoms in total. The van der Waals surface area contributed by atoms with Crippen molar-refractivity contribution >= 4 is 0 Å². The SMILES string of the molecule is C=C(C)C12CCC(CCCCC)(CC1)CC2. The highest BCUT2D eigenvalue weighted by molar-refractivity contribution is 5.14. The number of unbranched alkanes of at least 4 members (excludes halogenated alkanes) is 2. The smallest absolute Gasteiger partial charge is 0.00929 e. The normalized spacial score (nSPS) is 37.6. The van der Waals surface area contributed by atoms with Crippen LogP contribution in [0.4, 0.5) is 0 Å². The summed E-state index contributed by atoms with van der Waals surface area (Å²) < 4.78 is 0. The number of fused-ring (bicyclic) bond motifs is 3.